The van der Waals surface area contributed by atoms with E-state index in [9.17, 15) is 14.4 Å². The van der Waals surface area contributed by atoms with Crippen molar-refractivity contribution in [2.75, 3.05) is 12.0 Å². The average Bonchev–Trinajstić information content (AvgIpc) is 2.81. The van der Waals surface area contributed by atoms with Gasteiger partial charge in [-0.1, -0.05) is 42.5 Å². The van der Waals surface area contributed by atoms with Crippen molar-refractivity contribution in [2.24, 2.45) is 0 Å². The molecular weight excluding hydrogens is 408 g/mol. The summed E-state index contributed by atoms with van der Waals surface area (Å²) in [5.74, 6) is 0.0421. The Morgan fingerprint density at radius 3 is 2.44 bits per heavy atom. The van der Waals surface area contributed by atoms with E-state index in [1.165, 1.54) is 0 Å². The molecule has 166 valence electrons. The highest BCUT2D eigenvalue weighted by molar-refractivity contribution is 6.08. The second-order valence-corrected chi connectivity index (χ2v) is 7.81. The van der Waals surface area contributed by atoms with Crippen LogP contribution in [0.4, 0.5) is 5.69 Å². The van der Waals surface area contributed by atoms with Crippen LogP contribution in [0.15, 0.2) is 60.7 Å². The monoisotopic (exact) mass is 434 g/mol. The number of amides is 2. The number of fused-ring (bicyclic) bond motifs is 4. The van der Waals surface area contributed by atoms with Crippen LogP contribution in [0.2, 0.25) is 0 Å². The summed E-state index contributed by atoms with van der Waals surface area (Å²) < 4.78 is 10.7. The van der Waals surface area contributed by atoms with Gasteiger partial charge in [0.05, 0.1) is 18.8 Å². The summed E-state index contributed by atoms with van der Waals surface area (Å²) in [5, 5.41) is 2.91. The molecule has 2 aliphatic rings. The van der Waals surface area contributed by atoms with E-state index in [1.54, 1.807) is 12.0 Å². The topological polar surface area (TPSA) is 84.9 Å². The number of hydrogen-bond acceptors (Lipinski definition) is 5. The van der Waals surface area contributed by atoms with Gasteiger partial charge in [-0.15, -0.1) is 0 Å². The summed E-state index contributed by atoms with van der Waals surface area (Å²) >= 11 is 0. The Labute approximate surface area is 187 Å². The van der Waals surface area contributed by atoms with Crippen molar-refractivity contribution < 1.29 is 23.9 Å². The number of ether oxygens (including phenoxy) is 2. The van der Waals surface area contributed by atoms with E-state index in [-0.39, 0.29) is 43.3 Å². The largest absolute Gasteiger partial charge is 0.497 e. The van der Waals surface area contributed by atoms with E-state index in [0.29, 0.717) is 24.3 Å². The number of carbonyl (C=O) groups is 3. The van der Waals surface area contributed by atoms with E-state index in [1.807, 2.05) is 60.7 Å². The van der Waals surface area contributed by atoms with Crippen molar-refractivity contribution in [3.63, 3.8) is 0 Å². The maximum Gasteiger partial charge on any atom is 0.306 e. The number of esters is 1. The van der Waals surface area contributed by atoms with Crippen LogP contribution in [-0.4, -0.2) is 30.9 Å². The summed E-state index contributed by atoms with van der Waals surface area (Å²) in [6.45, 7) is 0.0782. The van der Waals surface area contributed by atoms with Gasteiger partial charge in [-0.05, 0) is 36.6 Å². The molecule has 0 unspecified atom stereocenters. The number of benzene rings is 2. The van der Waals surface area contributed by atoms with Gasteiger partial charge >= 0.3 is 5.97 Å². The number of methoxy groups -OCH3 is 1. The summed E-state index contributed by atoms with van der Waals surface area (Å²) in [6, 6.07) is 13.8. The number of hydrogen-bond donors (Lipinski definition) is 1. The molecule has 2 aliphatic heterocycles. The van der Waals surface area contributed by atoms with Crippen molar-refractivity contribution in [2.45, 2.75) is 44.4 Å². The molecule has 2 heterocycles. The number of β-lactam (4-membered cyclic amide) rings is 1. The fourth-order valence-corrected chi connectivity index (χ4v) is 4.04. The summed E-state index contributed by atoms with van der Waals surface area (Å²) in [6.07, 6.45) is 5.41. The predicted molar refractivity (Wildman–Crippen MR) is 119 cm³/mol. The van der Waals surface area contributed by atoms with Crippen LogP contribution in [0.25, 0.3) is 0 Å². The Kier molecular flexibility index (Phi) is 6.54. The maximum absolute atomic E-state index is 13.2. The third-order valence-corrected chi connectivity index (χ3v) is 5.73. The molecule has 0 aromatic heterocycles. The second-order valence-electron chi connectivity index (χ2n) is 7.81. The van der Waals surface area contributed by atoms with Gasteiger partial charge in [-0.25, -0.2) is 0 Å². The first-order chi connectivity index (χ1) is 15.6. The lowest BCUT2D eigenvalue weighted by molar-refractivity contribution is -0.144. The molecule has 1 fully saturated rings. The van der Waals surface area contributed by atoms with Crippen molar-refractivity contribution in [3.8, 4) is 5.75 Å². The highest BCUT2D eigenvalue weighted by Gasteiger charge is 2.50. The molecule has 2 bridgehead atoms. The Hall–Kier alpha value is -3.61. The van der Waals surface area contributed by atoms with E-state index in [2.05, 4.69) is 5.32 Å². The number of nitrogens with zero attached hydrogens (tertiary/aromatic N) is 1. The summed E-state index contributed by atoms with van der Waals surface area (Å²) in [5.41, 5.74) is 2.28. The van der Waals surface area contributed by atoms with Gasteiger partial charge in [0.1, 0.15) is 18.4 Å². The third-order valence-electron chi connectivity index (χ3n) is 5.73. The van der Waals surface area contributed by atoms with Gasteiger partial charge in [-0.3, -0.25) is 14.4 Å². The molecule has 32 heavy (non-hydrogen) atoms. The molecule has 2 aromatic carbocycles. The zero-order valence-corrected chi connectivity index (χ0v) is 18.0. The lowest BCUT2D eigenvalue weighted by Gasteiger charge is -2.48. The number of allylic oxidation sites excluding steroid dienone is 2. The Morgan fingerprint density at radius 2 is 1.69 bits per heavy atom. The fraction of sp³-hybridized carbons (Fsp3) is 0.320. The highest BCUT2D eigenvalue weighted by atomic mass is 16.5. The SMILES string of the molecule is COc1ccc([C@H]2[C@@H]3NC(=O)CC/C=C/CCC(=O)OCc4ccccc4N2C3=O)cc1. The molecule has 0 radical (unpaired) electrons. The molecule has 2 atom stereocenters. The van der Waals surface area contributed by atoms with Gasteiger partial charge in [0.15, 0.2) is 0 Å². The standard InChI is InChI=1S/C25H26N2O5/c1-31-19-14-12-17(13-15-19)24-23-25(30)27(24)20-9-7-6-8-18(20)16-32-22(29)11-5-3-2-4-10-21(28)26-23/h2-3,6-9,12-15,23-24H,4-5,10-11,16H2,1H3,(H,26,28)/b3-2+/t23-,24-/m0/s1. The molecule has 1 saturated heterocycles. The van der Waals surface area contributed by atoms with E-state index in [4.69, 9.17) is 9.47 Å². The van der Waals surface area contributed by atoms with Crippen molar-refractivity contribution in [3.05, 3.63) is 71.8 Å². The summed E-state index contributed by atoms with van der Waals surface area (Å²) in [4.78, 5) is 39.5. The lowest BCUT2D eigenvalue weighted by Crippen LogP contribution is -2.66. The number of cyclic esters (lactones) is 1. The lowest BCUT2D eigenvalue weighted by atomic mass is 9.86. The molecule has 2 aromatic rings. The Balaban J connectivity index is 1.70. The normalized spacial score (nSPS) is 22.8. The van der Waals surface area contributed by atoms with E-state index < -0.39 is 6.04 Å². The molecule has 1 N–H and O–H groups in total. The first kappa shape index (κ1) is 21.6. The summed E-state index contributed by atoms with van der Waals surface area (Å²) in [7, 11) is 1.60. The van der Waals surface area contributed by atoms with Crippen molar-refractivity contribution in [1.82, 2.24) is 5.32 Å². The fourth-order valence-electron chi connectivity index (χ4n) is 4.04. The number of nitrogens with one attached hydrogen (secondary N) is 1. The Bertz CT molecular complexity index is 1030. The van der Waals surface area contributed by atoms with Crippen LogP contribution in [0.1, 0.15) is 42.9 Å². The van der Waals surface area contributed by atoms with Crippen LogP contribution >= 0.6 is 0 Å². The highest BCUT2D eigenvalue weighted by Crippen LogP contribution is 2.41. The van der Waals surface area contributed by atoms with E-state index >= 15 is 0 Å². The van der Waals surface area contributed by atoms with Crippen molar-refractivity contribution >= 4 is 23.5 Å². The second kappa shape index (κ2) is 9.68. The third kappa shape index (κ3) is 4.51. The molecule has 4 rings (SSSR count). The molecule has 0 saturated carbocycles. The van der Waals surface area contributed by atoms with Gasteiger partial charge < -0.3 is 19.7 Å². The first-order valence-corrected chi connectivity index (χ1v) is 10.7. The number of anilines is 1. The average molecular weight is 434 g/mol. The molecule has 7 nitrogen and oxygen atoms in total. The maximum atomic E-state index is 13.2. The predicted octanol–water partition coefficient (Wildman–Crippen LogP) is 3.44. The minimum absolute atomic E-state index is 0.0782. The first-order valence-electron chi connectivity index (χ1n) is 10.7. The minimum atomic E-state index is -0.664. The van der Waals surface area contributed by atoms with Gasteiger partial charge in [0.25, 0.3) is 5.91 Å². The van der Waals surface area contributed by atoms with Crippen molar-refractivity contribution in [1.29, 1.82) is 0 Å². The van der Waals surface area contributed by atoms with Crippen LogP contribution in [-0.2, 0) is 25.7 Å². The minimum Gasteiger partial charge on any atom is -0.497 e. The molecule has 0 spiro atoms. The smallest absolute Gasteiger partial charge is 0.306 e. The van der Waals surface area contributed by atoms with Crippen LogP contribution in [0, 0.1) is 0 Å². The van der Waals surface area contributed by atoms with Gasteiger partial charge in [0.2, 0.25) is 5.91 Å². The zero-order chi connectivity index (χ0) is 22.5. The number of rotatable bonds is 2. The quantitative estimate of drug-likeness (QED) is 0.445. The van der Waals surface area contributed by atoms with Gasteiger partial charge in [-0.2, -0.15) is 0 Å². The van der Waals surface area contributed by atoms with Crippen LogP contribution < -0.4 is 15.0 Å². The van der Waals surface area contributed by atoms with Gasteiger partial charge in [0, 0.05) is 18.4 Å². The molecular formula is C25H26N2O5. The van der Waals surface area contributed by atoms with E-state index in [0.717, 1.165) is 11.1 Å². The molecule has 2 amide bonds. The number of para-hydroxylation sites is 1. The zero-order valence-electron chi connectivity index (χ0n) is 18.0. The molecule has 7 heteroatoms. The number of carbonyl (C=O) groups excluding carboxylic acids is 3. The van der Waals surface area contributed by atoms with Crippen LogP contribution in [0.5, 0.6) is 5.75 Å². The van der Waals surface area contributed by atoms with Crippen LogP contribution in [0.3, 0.4) is 0 Å². The molecule has 0 aliphatic carbocycles. The Morgan fingerprint density at radius 1 is 0.969 bits per heavy atom.